The molecule has 7 nitrogen and oxygen atoms in total. The zero-order valence-electron chi connectivity index (χ0n) is 17.3. The number of rotatable bonds is 5. The Bertz CT molecular complexity index is 1210. The molecule has 0 atom stereocenters. The SMILES string of the molecule is C=Cc1cnc(N2CC(c3nccnc3-c3ccc4c(c3)CC(=O)N4C)C2)nc1C=C. The smallest absolute Gasteiger partial charge is 0.231 e. The van der Waals surface area contributed by atoms with Crippen LogP contribution in [0.4, 0.5) is 11.6 Å². The van der Waals surface area contributed by atoms with Gasteiger partial charge in [0.1, 0.15) is 0 Å². The maximum Gasteiger partial charge on any atom is 0.231 e. The summed E-state index contributed by atoms with van der Waals surface area (Å²) in [5.74, 6) is 1.03. The van der Waals surface area contributed by atoms with Crippen LogP contribution in [0, 0.1) is 0 Å². The Morgan fingerprint density at radius 1 is 1.10 bits per heavy atom. The lowest BCUT2D eigenvalue weighted by molar-refractivity contribution is -0.117. The molecule has 1 amide bonds. The van der Waals surface area contributed by atoms with Gasteiger partial charge in [0.15, 0.2) is 0 Å². The lowest BCUT2D eigenvalue weighted by Gasteiger charge is -2.39. The van der Waals surface area contributed by atoms with E-state index in [-0.39, 0.29) is 11.8 Å². The minimum Gasteiger partial charge on any atom is -0.339 e. The second-order valence-electron chi connectivity index (χ2n) is 7.78. The zero-order chi connectivity index (χ0) is 21.5. The summed E-state index contributed by atoms with van der Waals surface area (Å²) >= 11 is 0. The lowest BCUT2D eigenvalue weighted by Crippen LogP contribution is -2.46. The summed E-state index contributed by atoms with van der Waals surface area (Å²) in [5.41, 5.74) is 6.46. The van der Waals surface area contributed by atoms with Crippen molar-refractivity contribution in [3.63, 3.8) is 0 Å². The lowest BCUT2D eigenvalue weighted by atomic mass is 9.92. The maximum atomic E-state index is 12.0. The molecule has 31 heavy (non-hydrogen) atoms. The Kier molecular flexibility index (Phi) is 4.58. The van der Waals surface area contributed by atoms with Crippen LogP contribution in [-0.4, -0.2) is 46.0 Å². The average Bonchev–Trinajstić information content (AvgIpc) is 3.05. The summed E-state index contributed by atoms with van der Waals surface area (Å²) in [5, 5.41) is 0. The molecule has 0 bridgehead atoms. The van der Waals surface area contributed by atoms with Gasteiger partial charge in [-0.1, -0.05) is 25.3 Å². The van der Waals surface area contributed by atoms with Crippen molar-refractivity contribution in [2.24, 2.45) is 0 Å². The Morgan fingerprint density at radius 3 is 2.68 bits per heavy atom. The average molecular weight is 410 g/mol. The first-order valence-corrected chi connectivity index (χ1v) is 10.2. The van der Waals surface area contributed by atoms with E-state index in [1.165, 1.54) is 0 Å². The van der Waals surface area contributed by atoms with Crippen LogP contribution in [0.25, 0.3) is 23.4 Å². The second-order valence-corrected chi connectivity index (χ2v) is 7.78. The topological polar surface area (TPSA) is 75.1 Å². The number of anilines is 2. The fourth-order valence-corrected chi connectivity index (χ4v) is 4.17. The molecule has 0 unspecified atom stereocenters. The first-order valence-electron chi connectivity index (χ1n) is 10.2. The zero-order valence-corrected chi connectivity index (χ0v) is 17.3. The van der Waals surface area contributed by atoms with E-state index < -0.39 is 0 Å². The number of nitrogens with zero attached hydrogens (tertiary/aromatic N) is 6. The van der Waals surface area contributed by atoms with E-state index in [0.717, 1.165) is 52.5 Å². The van der Waals surface area contributed by atoms with Crippen molar-refractivity contribution in [2.75, 3.05) is 29.9 Å². The first kappa shape index (κ1) is 19.1. The third-order valence-electron chi connectivity index (χ3n) is 5.96. The van der Waals surface area contributed by atoms with Gasteiger partial charge in [0.2, 0.25) is 11.9 Å². The van der Waals surface area contributed by atoms with Gasteiger partial charge in [-0.05, 0) is 23.8 Å². The van der Waals surface area contributed by atoms with Crippen molar-refractivity contribution in [3.8, 4) is 11.3 Å². The van der Waals surface area contributed by atoms with Crippen LogP contribution < -0.4 is 9.80 Å². The molecular weight excluding hydrogens is 388 g/mol. The van der Waals surface area contributed by atoms with Gasteiger partial charge in [-0.25, -0.2) is 9.97 Å². The molecule has 2 aliphatic heterocycles. The van der Waals surface area contributed by atoms with Gasteiger partial charge in [0.05, 0.1) is 23.5 Å². The molecule has 0 saturated carbocycles. The number of fused-ring (bicyclic) bond motifs is 1. The molecule has 4 heterocycles. The molecule has 2 aromatic heterocycles. The Balaban J connectivity index is 1.40. The van der Waals surface area contributed by atoms with E-state index in [0.29, 0.717) is 12.4 Å². The van der Waals surface area contributed by atoms with E-state index in [1.54, 1.807) is 35.6 Å². The predicted molar refractivity (Wildman–Crippen MR) is 122 cm³/mol. The summed E-state index contributed by atoms with van der Waals surface area (Å²) in [4.78, 5) is 34.2. The molecular formula is C24H22N6O. The Morgan fingerprint density at radius 2 is 1.90 bits per heavy atom. The molecule has 0 spiro atoms. The number of amides is 1. The van der Waals surface area contributed by atoms with Crippen molar-refractivity contribution < 1.29 is 4.79 Å². The summed E-state index contributed by atoms with van der Waals surface area (Å²) in [6, 6.07) is 6.08. The quantitative estimate of drug-likeness (QED) is 0.642. The van der Waals surface area contributed by atoms with Gasteiger partial charge in [-0.15, -0.1) is 0 Å². The van der Waals surface area contributed by atoms with Crippen molar-refractivity contribution in [1.82, 2.24) is 19.9 Å². The third kappa shape index (κ3) is 3.18. The van der Waals surface area contributed by atoms with Crippen LogP contribution in [0.1, 0.15) is 28.4 Å². The fourth-order valence-electron chi connectivity index (χ4n) is 4.17. The second kappa shape index (κ2) is 7.43. The van der Waals surface area contributed by atoms with E-state index in [1.807, 2.05) is 19.2 Å². The maximum absolute atomic E-state index is 12.0. The molecule has 1 saturated heterocycles. The highest BCUT2D eigenvalue weighted by Crippen LogP contribution is 2.36. The van der Waals surface area contributed by atoms with Crippen LogP contribution in [-0.2, 0) is 11.2 Å². The number of likely N-dealkylation sites (N-methyl/N-ethyl adjacent to an activating group) is 1. The number of hydrogen-bond donors (Lipinski definition) is 0. The van der Waals surface area contributed by atoms with Gasteiger partial charge in [-0.2, -0.15) is 0 Å². The molecule has 2 aliphatic rings. The molecule has 154 valence electrons. The number of carbonyl (C=O) groups excluding carboxylic acids is 1. The molecule has 1 fully saturated rings. The number of benzene rings is 1. The predicted octanol–water partition coefficient (Wildman–Crippen LogP) is 3.34. The number of hydrogen-bond acceptors (Lipinski definition) is 6. The van der Waals surface area contributed by atoms with Crippen molar-refractivity contribution in [1.29, 1.82) is 0 Å². The van der Waals surface area contributed by atoms with E-state index in [9.17, 15) is 4.79 Å². The number of carbonyl (C=O) groups is 1. The minimum atomic E-state index is 0.113. The molecule has 0 N–H and O–H groups in total. The van der Waals surface area contributed by atoms with Crippen LogP contribution in [0.15, 0.2) is 49.9 Å². The third-order valence-corrected chi connectivity index (χ3v) is 5.96. The Labute approximate surface area is 180 Å². The first-order chi connectivity index (χ1) is 15.1. The van der Waals surface area contributed by atoms with Crippen molar-refractivity contribution >= 4 is 29.7 Å². The summed E-state index contributed by atoms with van der Waals surface area (Å²) < 4.78 is 0. The van der Waals surface area contributed by atoms with Crippen LogP contribution >= 0.6 is 0 Å². The highest BCUT2D eigenvalue weighted by molar-refractivity contribution is 6.01. The van der Waals surface area contributed by atoms with Gasteiger partial charge >= 0.3 is 0 Å². The molecule has 1 aromatic carbocycles. The Hall–Kier alpha value is -3.87. The largest absolute Gasteiger partial charge is 0.339 e. The standard InChI is InChI=1S/C24H22N6O/c1-4-15-12-27-24(28-19(15)5-2)30-13-18(14-30)23-22(25-8-9-26-23)16-6-7-20-17(10-16)11-21(31)29(20)3/h4-10,12,18H,1-2,11,13-14H2,3H3. The van der Waals surface area contributed by atoms with Gasteiger partial charge in [0, 0.05) is 61.5 Å². The van der Waals surface area contributed by atoms with Gasteiger partial charge in [0.25, 0.3) is 0 Å². The van der Waals surface area contributed by atoms with Crippen LogP contribution in [0.2, 0.25) is 0 Å². The number of aromatic nitrogens is 4. The van der Waals surface area contributed by atoms with Gasteiger partial charge in [-0.3, -0.25) is 14.8 Å². The highest BCUT2D eigenvalue weighted by atomic mass is 16.2. The minimum absolute atomic E-state index is 0.113. The molecule has 5 rings (SSSR count). The van der Waals surface area contributed by atoms with E-state index >= 15 is 0 Å². The summed E-state index contributed by atoms with van der Waals surface area (Å²) in [6.45, 7) is 9.15. The molecule has 3 aromatic rings. The van der Waals surface area contributed by atoms with Crippen molar-refractivity contribution in [2.45, 2.75) is 12.3 Å². The van der Waals surface area contributed by atoms with Crippen LogP contribution in [0.3, 0.4) is 0 Å². The fraction of sp³-hybridized carbons (Fsp3) is 0.208. The van der Waals surface area contributed by atoms with E-state index in [2.05, 4.69) is 44.1 Å². The van der Waals surface area contributed by atoms with Crippen molar-refractivity contribution in [3.05, 3.63) is 72.5 Å². The molecule has 7 heteroatoms. The normalized spacial score (nSPS) is 15.6. The monoisotopic (exact) mass is 410 g/mol. The highest BCUT2D eigenvalue weighted by Gasteiger charge is 2.34. The van der Waals surface area contributed by atoms with Crippen LogP contribution in [0.5, 0.6) is 0 Å². The van der Waals surface area contributed by atoms with E-state index in [4.69, 9.17) is 0 Å². The van der Waals surface area contributed by atoms with Gasteiger partial charge < -0.3 is 9.80 Å². The summed E-state index contributed by atoms with van der Waals surface area (Å²) in [7, 11) is 1.81. The molecule has 0 radical (unpaired) electrons. The molecule has 0 aliphatic carbocycles. The summed E-state index contributed by atoms with van der Waals surface area (Å²) in [6.07, 6.45) is 9.10.